The zero-order chi connectivity index (χ0) is 17.9. The second kappa shape index (κ2) is 6.92. The van der Waals surface area contributed by atoms with Gasteiger partial charge in [-0.2, -0.15) is 0 Å². The van der Waals surface area contributed by atoms with Gasteiger partial charge in [-0.3, -0.25) is 9.52 Å². The molecule has 0 aliphatic carbocycles. The third-order valence-electron chi connectivity index (χ3n) is 3.43. The molecule has 2 aromatic rings. The Morgan fingerprint density at radius 3 is 2.38 bits per heavy atom. The molecule has 0 spiro atoms. The molecule has 0 fully saturated rings. The van der Waals surface area contributed by atoms with Crippen LogP contribution >= 0.6 is 0 Å². The van der Waals surface area contributed by atoms with Gasteiger partial charge in [-0.25, -0.2) is 8.42 Å². The summed E-state index contributed by atoms with van der Waals surface area (Å²) in [6.45, 7) is 5.06. The van der Waals surface area contributed by atoms with Crippen LogP contribution in [0.5, 0.6) is 5.75 Å². The number of carbonyl (C=O) groups is 1. The number of aryl methyl sites for hydroxylation is 2. The van der Waals surface area contributed by atoms with Crippen molar-refractivity contribution in [3.63, 3.8) is 0 Å². The molecule has 0 atom stereocenters. The number of hydrogen-bond donors (Lipinski definition) is 2. The van der Waals surface area contributed by atoms with Gasteiger partial charge in [0.05, 0.1) is 23.4 Å². The van der Waals surface area contributed by atoms with Crippen molar-refractivity contribution in [1.82, 2.24) is 0 Å². The summed E-state index contributed by atoms with van der Waals surface area (Å²) in [4.78, 5) is 11.3. The first kappa shape index (κ1) is 17.8. The molecule has 7 heteroatoms. The van der Waals surface area contributed by atoms with Crippen molar-refractivity contribution in [2.24, 2.45) is 0 Å². The van der Waals surface area contributed by atoms with Crippen LogP contribution in [0.4, 0.5) is 11.4 Å². The first-order valence-electron chi connectivity index (χ1n) is 7.28. The number of amides is 1. The average molecular weight is 348 g/mol. The Hall–Kier alpha value is -2.54. The maximum Gasteiger partial charge on any atom is 0.261 e. The summed E-state index contributed by atoms with van der Waals surface area (Å²) in [5, 5.41) is 2.57. The molecule has 2 N–H and O–H groups in total. The predicted molar refractivity (Wildman–Crippen MR) is 94.0 cm³/mol. The van der Waals surface area contributed by atoms with Crippen LogP contribution < -0.4 is 14.8 Å². The van der Waals surface area contributed by atoms with E-state index in [1.807, 2.05) is 26.0 Å². The lowest BCUT2D eigenvalue weighted by molar-refractivity contribution is -0.114. The number of methoxy groups -OCH3 is 1. The Labute approximate surface area is 141 Å². The number of nitrogens with one attached hydrogen (secondary N) is 2. The molecule has 0 aliphatic heterocycles. The van der Waals surface area contributed by atoms with Gasteiger partial charge in [-0.15, -0.1) is 0 Å². The average Bonchev–Trinajstić information content (AvgIpc) is 2.50. The highest BCUT2D eigenvalue weighted by Crippen LogP contribution is 2.29. The summed E-state index contributed by atoms with van der Waals surface area (Å²) in [6.07, 6.45) is 0. The highest BCUT2D eigenvalue weighted by Gasteiger charge is 2.18. The van der Waals surface area contributed by atoms with Gasteiger partial charge in [0.1, 0.15) is 5.75 Å². The van der Waals surface area contributed by atoms with Crippen molar-refractivity contribution in [3.8, 4) is 5.75 Å². The van der Waals surface area contributed by atoms with E-state index in [1.54, 1.807) is 6.07 Å². The van der Waals surface area contributed by atoms with E-state index in [0.29, 0.717) is 17.1 Å². The first-order chi connectivity index (χ1) is 11.2. The van der Waals surface area contributed by atoms with Crippen LogP contribution in [0.3, 0.4) is 0 Å². The normalized spacial score (nSPS) is 11.0. The Morgan fingerprint density at radius 2 is 1.75 bits per heavy atom. The van der Waals surface area contributed by atoms with Gasteiger partial charge in [-0.05, 0) is 49.2 Å². The van der Waals surface area contributed by atoms with E-state index in [1.165, 1.54) is 32.2 Å². The van der Waals surface area contributed by atoms with Gasteiger partial charge in [0.2, 0.25) is 5.91 Å². The fraction of sp³-hybridized carbons (Fsp3) is 0.235. The Bertz CT molecular complexity index is 876. The lowest BCUT2D eigenvalue weighted by atomic mass is 10.1. The summed E-state index contributed by atoms with van der Waals surface area (Å²) in [6, 6.07) is 9.83. The monoisotopic (exact) mass is 348 g/mol. The van der Waals surface area contributed by atoms with Crippen LogP contribution in [0.15, 0.2) is 41.3 Å². The lowest BCUT2D eigenvalue weighted by Gasteiger charge is -2.14. The first-order valence-corrected chi connectivity index (χ1v) is 8.77. The van der Waals surface area contributed by atoms with Crippen LogP contribution in [0.1, 0.15) is 18.1 Å². The summed E-state index contributed by atoms with van der Waals surface area (Å²) in [7, 11) is -2.35. The van der Waals surface area contributed by atoms with Crippen LogP contribution in [0.2, 0.25) is 0 Å². The molecule has 0 saturated carbocycles. The molecule has 0 heterocycles. The van der Waals surface area contributed by atoms with Crippen molar-refractivity contribution in [2.45, 2.75) is 25.7 Å². The summed E-state index contributed by atoms with van der Waals surface area (Å²) in [5.74, 6) is 0.0706. The topological polar surface area (TPSA) is 84.5 Å². The van der Waals surface area contributed by atoms with Crippen molar-refractivity contribution in [1.29, 1.82) is 0 Å². The van der Waals surface area contributed by atoms with Gasteiger partial charge >= 0.3 is 0 Å². The van der Waals surface area contributed by atoms with Crippen LogP contribution in [0, 0.1) is 13.8 Å². The van der Waals surface area contributed by atoms with Crippen molar-refractivity contribution >= 4 is 27.3 Å². The standard InChI is InChI=1S/C17H20N2O4S/c1-11-5-6-12(2)15(9-11)19-24(21,22)14-7-8-17(23-4)16(10-14)18-13(3)20/h5-10,19H,1-4H3,(H,18,20). The Kier molecular flexibility index (Phi) is 5.14. The molecule has 2 aromatic carbocycles. The molecular formula is C17H20N2O4S. The smallest absolute Gasteiger partial charge is 0.261 e. The lowest BCUT2D eigenvalue weighted by Crippen LogP contribution is -2.15. The summed E-state index contributed by atoms with van der Waals surface area (Å²) in [5.41, 5.74) is 2.59. The number of hydrogen-bond acceptors (Lipinski definition) is 4. The zero-order valence-corrected chi connectivity index (χ0v) is 14.8. The van der Waals surface area contributed by atoms with Gasteiger partial charge in [0, 0.05) is 6.92 Å². The number of sulfonamides is 1. The third-order valence-corrected chi connectivity index (χ3v) is 4.79. The van der Waals surface area contributed by atoms with Crippen molar-refractivity contribution in [3.05, 3.63) is 47.5 Å². The Morgan fingerprint density at radius 1 is 1.04 bits per heavy atom. The van der Waals surface area contributed by atoms with E-state index in [4.69, 9.17) is 4.74 Å². The summed E-state index contributed by atoms with van der Waals surface area (Å²) >= 11 is 0. The molecule has 0 radical (unpaired) electrons. The van der Waals surface area contributed by atoms with Gasteiger partial charge in [0.15, 0.2) is 0 Å². The van der Waals surface area contributed by atoms with E-state index < -0.39 is 10.0 Å². The number of carbonyl (C=O) groups excluding carboxylic acids is 1. The molecule has 6 nitrogen and oxygen atoms in total. The second-order valence-electron chi connectivity index (χ2n) is 5.47. The highest BCUT2D eigenvalue weighted by molar-refractivity contribution is 7.92. The minimum atomic E-state index is -3.79. The van der Waals surface area contributed by atoms with Crippen LogP contribution in [-0.2, 0) is 14.8 Å². The highest BCUT2D eigenvalue weighted by atomic mass is 32.2. The maximum atomic E-state index is 12.6. The van der Waals surface area contributed by atoms with E-state index in [0.717, 1.165) is 11.1 Å². The molecule has 0 aromatic heterocycles. The Balaban J connectivity index is 2.42. The number of benzene rings is 2. The van der Waals surface area contributed by atoms with Crippen LogP contribution in [0.25, 0.3) is 0 Å². The number of ether oxygens (including phenoxy) is 1. The molecule has 0 aliphatic rings. The SMILES string of the molecule is COc1ccc(S(=O)(=O)Nc2cc(C)ccc2C)cc1NC(C)=O. The van der Waals surface area contributed by atoms with Crippen molar-refractivity contribution in [2.75, 3.05) is 17.1 Å². The molecule has 2 rings (SSSR count). The largest absolute Gasteiger partial charge is 0.495 e. The van der Waals surface area contributed by atoms with E-state index in [2.05, 4.69) is 10.0 Å². The van der Waals surface area contributed by atoms with E-state index in [9.17, 15) is 13.2 Å². The zero-order valence-electron chi connectivity index (χ0n) is 14.0. The second-order valence-corrected chi connectivity index (χ2v) is 7.15. The predicted octanol–water partition coefficient (Wildman–Crippen LogP) is 3.07. The maximum absolute atomic E-state index is 12.6. The molecule has 24 heavy (non-hydrogen) atoms. The molecule has 0 saturated heterocycles. The fourth-order valence-corrected chi connectivity index (χ4v) is 3.34. The molecule has 1 amide bonds. The third kappa shape index (κ3) is 4.05. The quantitative estimate of drug-likeness (QED) is 0.870. The van der Waals surface area contributed by atoms with Gasteiger partial charge in [0.25, 0.3) is 10.0 Å². The minimum Gasteiger partial charge on any atom is -0.495 e. The molecule has 0 unspecified atom stereocenters. The number of rotatable bonds is 5. The molecular weight excluding hydrogens is 328 g/mol. The molecule has 128 valence electrons. The minimum absolute atomic E-state index is 0.0351. The van der Waals surface area contributed by atoms with Gasteiger partial charge < -0.3 is 10.1 Å². The fourth-order valence-electron chi connectivity index (χ4n) is 2.19. The summed E-state index contributed by atoms with van der Waals surface area (Å²) < 4.78 is 33.0. The van der Waals surface area contributed by atoms with E-state index in [-0.39, 0.29) is 10.8 Å². The van der Waals surface area contributed by atoms with Crippen molar-refractivity contribution < 1.29 is 17.9 Å². The van der Waals surface area contributed by atoms with Gasteiger partial charge in [-0.1, -0.05) is 12.1 Å². The van der Waals surface area contributed by atoms with E-state index >= 15 is 0 Å². The van der Waals surface area contributed by atoms with Crippen LogP contribution in [-0.4, -0.2) is 21.4 Å². The molecule has 0 bridgehead atoms. The number of anilines is 2.